The zero-order chi connectivity index (χ0) is 36.3. The Morgan fingerprint density at radius 3 is 1.80 bits per heavy atom. The van der Waals surface area contributed by atoms with Crippen LogP contribution < -0.4 is 4.90 Å². The zero-order valence-electron chi connectivity index (χ0n) is 29.8. The minimum Gasteiger partial charge on any atom is -0.455 e. The molecule has 55 heavy (non-hydrogen) atoms. The van der Waals surface area contributed by atoms with E-state index in [4.69, 9.17) is 4.42 Å². The van der Waals surface area contributed by atoms with Crippen molar-refractivity contribution in [3.8, 4) is 33.4 Å². The Morgan fingerprint density at radius 1 is 0.382 bits per heavy atom. The smallest absolute Gasteiger partial charge is 0.143 e. The quantitative estimate of drug-likeness (QED) is 0.170. The Kier molecular flexibility index (Phi) is 7.39. The lowest BCUT2D eigenvalue weighted by Gasteiger charge is -2.28. The van der Waals surface area contributed by atoms with Crippen LogP contribution in [0.15, 0.2) is 205 Å². The molecule has 11 rings (SSSR count). The van der Waals surface area contributed by atoms with Gasteiger partial charge in [0.2, 0.25) is 0 Å². The molecule has 0 N–H and O–H groups in total. The summed E-state index contributed by atoms with van der Waals surface area (Å²) < 4.78 is 9.31. The number of nitrogens with zero attached hydrogens (tertiary/aromatic N) is 1. The van der Waals surface area contributed by atoms with E-state index in [0.29, 0.717) is 0 Å². The summed E-state index contributed by atoms with van der Waals surface area (Å²) in [4.78, 5) is 2.42. The summed E-state index contributed by atoms with van der Waals surface area (Å²) >= 11 is 1.86. The topological polar surface area (TPSA) is 16.4 Å². The number of fused-ring (bicyclic) bond motifs is 8. The Balaban J connectivity index is 1.09. The standard InChI is InChI=1S/C52H33NOS/c1-2-11-34(12-3-1)35-21-23-36(24-22-35)37-25-29-40(30-26-37)53(47-18-10-19-48-51(47)45-32-27-38-13-4-5-15-42(38)52(45)54-48)46-17-8-6-14-41(46)39-28-31-44-43-16-7-9-20-49(43)55-50(44)33-39/h1-33H. The second kappa shape index (κ2) is 12.9. The second-order valence-corrected chi connectivity index (χ2v) is 15.2. The number of para-hydroxylation sites is 1. The lowest BCUT2D eigenvalue weighted by molar-refractivity contribution is 0.672. The first kappa shape index (κ1) is 31.6. The van der Waals surface area contributed by atoms with Gasteiger partial charge in [0, 0.05) is 42.2 Å². The normalized spacial score (nSPS) is 11.6. The molecule has 0 radical (unpaired) electrons. The van der Waals surface area contributed by atoms with E-state index in [1.165, 1.54) is 53.4 Å². The molecular weight excluding hydrogens is 687 g/mol. The third-order valence-electron chi connectivity index (χ3n) is 10.9. The third kappa shape index (κ3) is 5.32. The van der Waals surface area contributed by atoms with Crippen molar-refractivity contribution in [3.05, 3.63) is 200 Å². The number of rotatable bonds is 6. The molecule has 2 aromatic heterocycles. The molecule has 0 aliphatic heterocycles. The van der Waals surface area contributed by atoms with Crippen molar-refractivity contribution in [2.75, 3.05) is 4.90 Å². The van der Waals surface area contributed by atoms with Gasteiger partial charge < -0.3 is 9.32 Å². The second-order valence-electron chi connectivity index (χ2n) is 14.1. The number of thiophene rings is 1. The molecule has 0 saturated carbocycles. The van der Waals surface area contributed by atoms with Gasteiger partial charge in [-0.15, -0.1) is 11.3 Å². The molecule has 2 heterocycles. The highest BCUT2D eigenvalue weighted by Gasteiger charge is 2.23. The summed E-state index contributed by atoms with van der Waals surface area (Å²) in [5.41, 5.74) is 12.2. The summed E-state index contributed by atoms with van der Waals surface area (Å²) in [5, 5.41) is 7.10. The van der Waals surface area contributed by atoms with Crippen LogP contribution in [0.3, 0.4) is 0 Å². The van der Waals surface area contributed by atoms with Crippen molar-refractivity contribution in [3.63, 3.8) is 0 Å². The maximum Gasteiger partial charge on any atom is 0.143 e. The Labute approximate surface area is 322 Å². The molecule has 0 atom stereocenters. The predicted octanol–water partition coefficient (Wildman–Crippen LogP) is 15.6. The van der Waals surface area contributed by atoms with E-state index in [0.717, 1.165) is 50.0 Å². The summed E-state index contributed by atoms with van der Waals surface area (Å²) in [6.45, 7) is 0. The third-order valence-corrected chi connectivity index (χ3v) is 12.0. The van der Waals surface area contributed by atoms with Crippen molar-refractivity contribution in [1.29, 1.82) is 0 Å². The van der Waals surface area contributed by atoms with Gasteiger partial charge in [0.1, 0.15) is 11.2 Å². The highest BCUT2D eigenvalue weighted by molar-refractivity contribution is 7.25. The van der Waals surface area contributed by atoms with Crippen LogP contribution in [0.1, 0.15) is 0 Å². The summed E-state index contributed by atoms with van der Waals surface area (Å²) in [6.07, 6.45) is 0. The zero-order valence-corrected chi connectivity index (χ0v) is 30.6. The van der Waals surface area contributed by atoms with E-state index in [1.807, 2.05) is 11.3 Å². The maximum absolute atomic E-state index is 6.71. The summed E-state index contributed by atoms with van der Waals surface area (Å²) in [5.74, 6) is 0. The number of benzene rings is 9. The fourth-order valence-electron chi connectivity index (χ4n) is 8.22. The largest absolute Gasteiger partial charge is 0.455 e. The monoisotopic (exact) mass is 719 g/mol. The fourth-order valence-corrected chi connectivity index (χ4v) is 9.37. The molecular formula is C52H33NOS. The Bertz CT molecular complexity index is 3190. The van der Waals surface area contributed by atoms with Crippen molar-refractivity contribution < 1.29 is 4.42 Å². The number of hydrogen-bond donors (Lipinski definition) is 0. The van der Waals surface area contributed by atoms with Crippen molar-refractivity contribution in [2.24, 2.45) is 0 Å². The van der Waals surface area contributed by atoms with E-state index in [-0.39, 0.29) is 0 Å². The number of hydrogen-bond acceptors (Lipinski definition) is 3. The summed E-state index contributed by atoms with van der Waals surface area (Å²) in [6, 6.07) is 72.1. The molecule has 3 heteroatoms. The Hall–Kier alpha value is -6.94. The molecule has 0 aliphatic carbocycles. The molecule has 0 aliphatic rings. The minimum absolute atomic E-state index is 0.869. The van der Waals surface area contributed by atoms with Crippen LogP contribution in [0.25, 0.3) is 86.3 Å². The maximum atomic E-state index is 6.71. The van der Waals surface area contributed by atoms with Gasteiger partial charge in [-0.1, -0.05) is 152 Å². The highest BCUT2D eigenvalue weighted by atomic mass is 32.1. The SMILES string of the molecule is c1ccc(-c2ccc(-c3ccc(N(c4ccccc4-c4ccc5c(c4)sc4ccccc45)c4cccc5oc6c7ccccc7ccc6c45)cc3)cc2)cc1. The van der Waals surface area contributed by atoms with E-state index < -0.39 is 0 Å². The predicted molar refractivity (Wildman–Crippen MR) is 235 cm³/mol. The highest BCUT2D eigenvalue weighted by Crippen LogP contribution is 2.47. The first-order valence-corrected chi connectivity index (χ1v) is 19.5. The van der Waals surface area contributed by atoms with Gasteiger partial charge in [-0.05, 0) is 81.7 Å². The molecule has 0 amide bonds. The van der Waals surface area contributed by atoms with Crippen molar-refractivity contribution >= 4 is 81.3 Å². The van der Waals surface area contributed by atoms with Gasteiger partial charge >= 0.3 is 0 Å². The molecule has 0 unspecified atom stereocenters. The van der Waals surface area contributed by atoms with Gasteiger partial charge in [0.25, 0.3) is 0 Å². The van der Waals surface area contributed by atoms with Gasteiger partial charge in [-0.2, -0.15) is 0 Å². The van der Waals surface area contributed by atoms with Crippen LogP contribution in [-0.2, 0) is 0 Å². The average molecular weight is 720 g/mol. The van der Waals surface area contributed by atoms with E-state index in [9.17, 15) is 0 Å². The van der Waals surface area contributed by atoms with Crippen LogP contribution in [-0.4, -0.2) is 0 Å². The summed E-state index contributed by atoms with van der Waals surface area (Å²) in [7, 11) is 0. The van der Waals surface area contributed by atoms with Gasteiger partial charge in [-0.3, -0.25) is 0 Å². The number of anilines is 3. The van der Waals surface area contributed by atoms with Crippen LogP contribution >= 0.6 is 11.3 Å². The lowest BCUT2D eigenvalue weighted by Crippen LogP contribution is -2.11. The number of furan rings is 1. The van der Waals surface area contributed by atoms with E-state index >= 15 is 0 Å². The molecule has 0 fully saturated rings. The average Bonchev–Trinajstić information content (AvgIpc) is 3.84. The van der Waals surface area contributed by atoms with Crippen molar-refractivity contribution in [1.82, 2.24) is 0 Å². The lowest BCUT2D eigenvalue weighted by atomic mass is 9.98. The molecule has 9 aromatic carbocycles. The van der Waals surface area contributed by atoms with Crippen LogP contribution in [0.2, 0.25) is 0 Å². The molecule has 11 aromatic rings. The molecule has 258 valence electrons. The molecule has 0 bridgehead atoms. The first-order valence-electron chi connectivity index (χ1n) is 18.7. The van der Waals surface area contributed by atoms with Gasteiger partial charge in [0.15, 0.2) is 0 Å². The van der Waals surface area contributed by atoms with E-state index in [2.05, 4.69) is 205 Å². The molecule has 0 saturated heterocycles. The van der Waals surface area contributed by atoms with Crippen LogP contribution in [0.5, 0.6) is 0 Å². The first-order chi connectivity index (χ1) is 27.3. The Morgan fingerprint density at radius 2 is 0.982 bits per heavy atom. The minimum atomic E-state index is 0.869. The van der Waals surface area contributed by atoms with Crippen LogP contribution in [0, 0.1) is 0 Å². The van der Waals surface area contributed by atoms with Crippen molar-refractivity contribution in [2.45, 2.75) is 0 Å². The van der Waals surface area contributed by atoms with E-state index in [1.54, 1.807) is 0 Å². The van der Waals surface area contributed by atoms with Gasteiger partial charge in [0.05, 0.1) is 16.8 Å². The fraction of sp³-hybridized carbons (Fsp3) is 0. The van der Waals surface area contributed by atoms with Crippen LogP contribution in [0.4, 0.5) is 17.1 Å². The molecule has 0 spiro atoms. The molecule has 2 nitrogen and oxygen atoms in total. The van der Waals surface area contributed by atoms with Gasteiger partial charge in [-0.25, -0.2) is 0 Å².